The fraction of sp³-hybridized carbons (Fsp3) is 0.385. The van der Waals surface area contributed by atoms with Gasteiger partial charge in [-0.05, 0) is 51.3 Å². The Morgan fingerprint density at radius 3 is 2.25 bits per heavy atom. The zero-order chi connectivity index (χ0) is 15.4. The van der Waals surface area contributed by atoms with Gasteiger partial charge in [-0.25, -0.2) is 8.42 Å². The molecule has 0 bridgehead atoms. The van der Waals surface area contributed by atoms with Gasteiger partial charge in [0.15, 0.2) is 0 Å². The first-order chi connectivity index (χ1) is 9.22. The molecule has 1 aromatic rings. The molecule has 0 saturated carbocycles. The average molecular weight is 311 g/mol. The molecule has 0 atom stereocenters. The Labute approximate surface area is 124 Å². The molecular formula is C13H17N3O2S2. The van der Waals surface area contributed by atoms with E-state index in [1.165, 1.54) is 20.8 Å². The molecule has 20 heavy (non-hydrogen) atoms. The molecule has 0 spiro atoms. The number of benzene rings is 1. The standard InChI is InChI=1S/C13H17N3O2S2/c1-13(2,3)20(17,18)12(9-14)16-15-10-5-7-11(19-4)8-6-10/h5-8,15H,1-4H3/b16-12+. The number of sulfone groups is 1. The van der Waals surface area contributed by atoms with E-state index in [-0.39, 0.29) is 0 Å². The maximum absolute atomic E-state index is 12.1. The van der Waals surface area contributed by atoms with Gasteiger partial charge < -0.3 is 0 Å². The molecule has 108 valence electrons. The van der Waals surface area contributed by atoms with Crippen LogP contribution in [-0.2, 0) is 9.84 Å². The van der Waals surface area contributed by atoms with E-state index in [2.05, 4.69) is 10.5 Å². The summed E-state index contributed by atoms with van der Waals surface area (Å²) in [4.78, 5) is 1.09. The van der Waals surface area contributed by atoms with Crippen LogP contribution >= 0.6 is 11.8 Å². The van der Waals surface area contributed by atoms with Gasteiger partial charge in [0.05, 0.1) is 10.4 Å². The van der Waals surface area contributed by atoms with E-state index in [1.807, 2.05) is 18.4 Å². The first-order valence-electron chi connectivity index (χ1n) is 5.85. The molecule has 0 radical (unpaired) electrons. The van der Waals surface area contributed by atoms with Crippen molar-refractivity contribution in [1.29, 1.82) is 5.26 Å². The van der Waals surface area contributed by atoms with Gasteiger partial charge in [0, 0.05) is 4.90 Å². The van der Waals surface area contributed by atoms with E-state index < -0.39 is 19.6 Å². The molecule has 0 amide bonds. The number of nitriles is 1. The van der Waals surface area contributed by atoms with Crippen LogP contribution in [0.5, 0.6) is 0 Å². The van der Waals surface area contributed by atoms with Gasteiger partial charge in [-0.15, -0.1) is 11.8 Å². The Balaban J connectivity index is 3.00. The first-order valence-corrected chi connectivity index (χ1v) is 8.55. The quantitative estimate of drug-likeness (QED) is 0.402. The summed E-state index contributed by atoms with van der Waals surface area (Å²) in [5, 5.41) is 12.2. The normalized spacial score (nSPS) is 12.8. The number of thioether (sulfide) groups is 1. The van der Waals surface area contributed by atoms with E-state index in [0.717, 1.165) is 4.90 Å². The highest BCUT2D eigenvalue weighted by Crippen LogP contribution is 2.19. The number of hydrogen-bond donors (Lipinski definition) is 1. The average Bonchev–Trinajstić information content (AvgIpc) is 2.38. The van der Waals surface area contributed by atoms with Crippen molar-refractivity contribution >= 4 is 32.3 Å². The first kappa shape index (κ1) is 16.5. The minimum Gasteiger partial charge on any atom is -0.277 e. The third-order valence-electron chi connectivity index (χ3n) is 2.53. The number of hydrogen-bond acceptors (Lipinski definition) is 6. The minimum absolute atomic E-state index is 0.515. The SMILES string of the molecule is CSc1ccc(N/N=C(\C#N)S(=O)(=O)C(C)(C)C)cc1. The maximum atomic E-state index is 12.1. The lowest BCUT2D eigenvalue weighted by Gasteiger charge is -2.17. The second kappa shape index (κ2) is 6.29. The second-order valence-electron chi connectivity index (χ2n) is 4.98. The summed E-state index contributed by atoms with van der Waals surface area (Å²) in [5.41, 5.74) is 3.23. The summed E-state index contributed by atoms with van der Waals surface area (Å²) < 4.78 is 23.2. The summed E-state index contributed by atoms with van der Waals surface area (Å²) in [7, 11) is -3.75. The van der Waals surface area contributed by atoms with Crippen molar-refractivity contribution in [2.45, 2.75) is 30.4 Å². The predicted molar refractivity (Wildman–Crippen MR) is 83.6 cm³/mol. The van der Waals surface area contributed by atoms with Gasteiger partial charge in [-0.1, -0.05) is 0 Å². The number of rotatable bonds is 3. The van der Waals surface area contributed by atoms with Gasteiger partial charge in [-0.2, -0.15) is 10.4 Å². The Hall–Kier alpha value is -1.52. The van der Waals surface area contributed by atoms with Crippen molar-refractivity contribution in [3.05, 3.63) is 24.3 Å². The summed E-state index contributed by atoms with van der Waals surface area (Å²) in [6.07, 6.45) is 1.96. The third kappa shape index (κ3) is 3.74. The largest absolute Gasteiger partial charge is 0.277 e. The molecule has 0 aliphatic rings. The Morgan fingerprint density at radius 2 is 1.85 bits per heavy atom. The highest BCUT2D eigenvalue weighted by molar-refractivity contribution is 8.08. The van der Waals surface area contributed by atoms with E-state index >= 15 is 0 Å². The third-order valence-corrected chi connectivity index (χ3v) is 5.58. The van der Waals surface area contributed by atoms with Gasteiger partial charge >= 0.3 is 0 Å². The summed E-state index contributed by atoms with van der Waals surface area (Å²) in [6, 6.07) is 8.94. The van der Waals surface area contributed by atoms with Gasteiger partial charge in [0.1, 0.15) is 6.07 Å². The van der Waals surface area contributed by atoms with E-state index in [0.29, 0.717) is 5.69 Å². The van der Waals surface area contributed by atoms with Crippen molar-refractivity contribution in [3.8, 4) is 6.07 Å². The monoisotopic (exact) mass is 311 g/mol. The van der Waals surface area contributed by atoms with Gasteiger partial charge in [-0.3, -0.25) is 5.43 Å². The Kier molecular flexibility index (Phi) is 5.20. The van der Waals surface area contributed by atoms with Crippen LogP contribution in [0, 0.1) is 11.3 Å². The van der Waals surface area contributed by atoms with Crippen molar-refractivity contribution in [2.75, 3.05) is 11.7 Å². The van der Waals surface area contributed by atoms with Crippen LogP contribution in [0.2, 0.25) is 0 Å². The molecule has 1 N–H and O–H groups in total. The number of hydrazone groups is 1. The minimum atomic E-state index is -3.75. The lowest BCUT2D eigenvalue weighted by Crippen LogP contribution is -2.34. The number of nitrogens with zero attached hydrogens (tertiary/aromatic N) is 2. The van der Waals surface area contributed by atoms with Crippen molar-refractivity contribution < 1.29 is 8.42 Å². The fourth-order valence-electron chi connectivity index (χ4n) is 1.22. The molecule has 5 nitrogen and oxygen atoms in total. The summed E-state index contributed by atoms with van der Waals surface area (Å²) in [5.74, 6) is 0. The van der Waals surface area contributed by atoms with Crippen LogP contribution in [0.15, 0.2) is 34.3 Å². The van der Waals surface area contributed by atoms with Crippen LogP contribution < -0.4 is 5.43 Å². The summed E-state index contributed by atoms with van der Waals surface area (Å²) in [6.45, 7) is 4.59. The van der Waals surface area contributed by atoms with Crippen LogP contribution in [0.3, 0.4) is 0 Å². The topological polar surface area (TPSA) is 82.3 Å². The van der Waals surface area contributed by atoms with Crippen molar-refractivity contribution in [3.63, 3.8) is 0 Å². The molecule has 0 unspecified atom stereocenters. The van der Waals surface area contributed by atoms with E-state index in [1.54, 1.807) is 30.0 Å². The molecule has 1 aromatic carbocycles. The molecular weight excluding hydrogens is 294 g/mol. The Bertz CT molecular complexity index is 636. The van der Waals surface area contributed by atoms with Crippen LogP contribution in [-0.4, -0.2) is 24.5 Å². The van der Waals surface area contributed by atoms with Crippen LogP contribution in [0.4, 0.5) is 5.69 Å². The molecule has 0 heterocycles. The molecule has 0 saturated heterocycles. The molecule has 0 aliphatic carbocycles. The molecule has 0 aliphatic heterocycles. The van der Waals surface area contributed by atoms with Crippen molar-refractivity contribution in [1.82, 2.24) is 0 Å². The smallest absolute Gasteiger partial charge is 0.252 e. The zero-order valence-corrected chi connectivity index (χ0v) is 13.5. The van der Waals surface area contributed by atoms with E-state index in [9.17, 15) is 8.42 Å². The lowest BCUT2D eigenvalue weighted by atomic mass is 10.3. The number of nitrogens with one attached hydrogen (secondary N) is 1. The van der Waals surface area contributed by atoms with Gasteiger partial charge in [0.2, 0.25) is 9.84 Å². The van der Waals surface area contributed by atoms with Crippen LogP contribution in [0.1, 0.15) is 20.8 Å². The number of anilines is 1. The Morgan fingerprint density at radius 1 is 1.30 bits per heavy atom. The molecule has 1 rings (SSSR count). The summed E-state index contributed by atoms with van der Waals surface area (Å²) >= 11 is 1.60. The predicted octanol–water partition coefficient (Wildman–Crippen LogP) is 2.87. The highest BCUT2D eigenvalue weighted by Gasteiger charge is 2.34. The fourth-order valence-corrected chi connectivity index (χ4v) is 2.49. The molecule has 7 heteroatoms. The lowest BCUT2D eigenvalue weighted by molar-refractivity contribution is 0.573. The molecule has 0 fully saturated rings. The van der Waals surface area contributed by atoms with Gasteiger partial charge in [0.25, 0.3) is 5.04 Å². The second-order valence-corrected chi connectivity index (χ2v) is 8.48. The van der Waals surface area contributed by atoms with Crippen LogP contribution in [0.25, 0.3) is 0 Å². The highest BCUT2D eigenvalue weighted by atomic mass is 32.2. The zero-order valence-electron chi connectivity index (χ0n) is 11.8. The maximum Gasteiger partial charge on any atom is 0.252 e. The molecule has 0 aromatic heterocycles. The van der Waals surface area contributed by atoms with Crippen molar-refractivity contribution in [2.24, 2.45) is 5.10 Å². The van der Waals surface area contributed by atoms with E-state index in [4.69, 9.17) is 5.26 Å².